The van der Waals surface area contributed by atoms with Crippen molar-refractivity contribution in [2.24, 2.45) is 0 Å². The SMILES string of the molecule is BrCc1ccc(-n2c(Br)ccc2-c2nnnn2C(c2ccccc2)(c2ccccc2)c2ccccc2)cc1. The van der Waals surface area contributed by atoms with Crippen LogP contribution in [-0.2, 0) is 10.9 Å². The predicted octanol–water partition coefficient (Wildman–Crippen LogP) is 7.63. The number of benzene rings is 4. The van der Waals surface area contributed by atoms with Crippen molar-refractivity contribution < 1.29 is 0 Å². The van der Waals surface area contributed by atoms with Crippen LogP contribution in [-0.4, -0.2) is 24.8 Å². The average Bonchev–Trinajstić information content (AvgIpc) is 3.62. The van der Waals surface area contributed by atoms with Crippen LogP contribution in [0.5, 0.6) is 0 Å². The van der Waals surface area contributed by atoms with Gasteiger partial charge in [0.1, 0.15) is 5.54 Å². The maximum Gasteiger partial charge on any atom is 0.200 e. The van der Waals surface area contributed by atoms with Crippen molar-refractivity contribution in [2.75, 3.05) is 0 Å². The lowest BCUT2D eigenvalue weighted by Crippen LogP contribution is -2.39. The summed E-state index contributed by atoms with van der Waals surface area (Å²) in [7, 11) is 0. The second-order valence-electron chi connectivity index (χ2n) is 8.90. The van der Waals surface area contributed by atoms with Gasteiger partial charge >= 0.3 is 0 Å². The molecule has 2 heterocycles. The summed E-state index contributed by atoms with van der Waals surface area (Å²) in [6, 6.07) is 43.8. The number of hydrogen-bond acceptors (Lipinski definition) is 3. The predicted molar refractivity (Wildman–Crippen MR) is 158 cm³/mol. The van der Waals surface area contributed by atoms with Gasteiger partial charge in [-0.3, -0.25) is 0 Å². The van der Waals surface area contributed by atoms with E-state index in [1.54, 1.807) is 0 Å². The third-order valence-corrected chi connectivity index (χ3v) is 8.04. The van der Waals surface area contributed by atoms with Crippen LogP contribution in [0.4, 0.5) is 0 Å². The fourth-order valence-electron chi connectivity index (χ4n) is 5.06. The third-order valence-electron chi connectivity index (χ3n) is 6.77. The summed E-state index contributed by atoms with van der Waals surface area (Å²) in [5.41, 5.74) is 5.46. The second kappa shape index (κ2) is 10.5. The van der Waals surface area contributed by atoms with E-state index in [9.17, 15) is 0 Å². The largest absolute Gasteiger partial charge is 0.301 e. The lowest BCUT2D eigenvalue weighted by molar-refractivity contribution is 0.450. The molecule has 0 fully saturated rings. The van der Waals surface area contributed by atoms with Crippen molar-refractivity contribution in [3.8, 4) is 17.2 Å². The number of aromatic nitrogens is 5. The monoisotopic (exact) mass is 623 g/mol. The number of alkyl halides is 1. The van der Waals surface area contributed by atoms with Gasteiger partial charge in [-0.15, -0.1) is 5.10 Å². The molecule has 0 bridgehead atoms. The fourth-order valence-corrected chi connectivity index (χ4v) is 5.96. The van der Waals surface area contributed by atoms with Crippen molar-refractivity contribution >= 4 is 31.9 Å². The van der Waals surface area contributed by atoms with Crippen LogP contribution in [0.2, 0.25) is 0 Å². The molecular formula is C31H23Br2N5. The number of tetrazole rings is 1. The molecule has 5 nitrogen and oxygen atoms in total. The Morgan fingerprint density at radius 3 is 1.66 bits per heavy atom. The molecule has 0 aliphatic rings. The summed E-state index contributed by atoms with van der Waals surface area (Å²) in [6.45, 7) is 0. The average molecular weight is 625 g/mol. The van der Waals surface area contributed by atoms with Crippen molar-refractivity contribution in [1.29, 1.82) is 0 Å². The first-order valence-corrected chi connectivity index (χ1v) is 14.1. The molecular weight excluding hydrogens is 602 g/mol. The van der Waals surface area contributed by atoms with Crippen molar-refractivity contribution in [3.05, 3.63) is 154 Å². The van der Waals surface area contributed by atoms with Gasteiger partial charge in [-0.05, 0) is 72.9 Å². The highest BCUT2D eigenvalue weighted by molar-refractivity contribution is 9.10. The van der Waals surface area contributed by atoms with Gasteiger partial charge in [-0.25, -0.2) is 4.68 Å². The molecule has 7 heteroatoms. The summed E-state index contributed by atoms with van der Waals surface area (Å²) >= 11 is 7.30. The van der Waals surface area contributed by atoms with E-state index in [1.807, 2.05) is 28.9 Å². The third kappa shape index (κ3) is 4.12. The van der Waals surface area contributed by atoms with Crippen LogP contribution in [0.3, 0.4) is 0 Å². The smallest absolute Gasteiger partial charge is 0.200 e. The minimum Gasteiger partial charge on any atom is -0.301 e. The summed E-state index contributed by atoms with van der Waals surface area (Å²) in [4.78, 5) is 0. The van der Waals surface area contributed by atoms with E-state index in [-0.39, 0.29) is 0 Å². The molecule has 0 aliphatic heterocycles. The molecule has 2 aromatic heterocycles. The van der Waals surface area contributed by atoms with E-state index >= 15 is 0 Å². The Morgan fingerprint density at radius 2 is 1.16 bits per heavy atom. The summed E-state index contributed by atoms with van der Waals surface area (Å²) < 4.78 is 5.00. The number of hydrogen-bond donors (Lipinski definition) is 0. The topological polar surface area (TPSA) is 48.5 Å². The Balaban J connectivity index is 1.66. The molecule has 4 aromatic carbocycles. The number of halogens is 2. The van der Waals surface area contributed by atoms with E-state index < -0.39 is 5.54 Å². The normalized spacial score (nSPS) is 11.5. The molecule has 6 rings (SSSR count). The molecule has 0 saturated carbocycles. The van der Waals surface area contributed by atoms with Crippen LogP contribution in [0, 0.1) is 0 Å². The van der Waals surface area contributed by atoms with Crippen molar-refractivity contribution in [2.45, 2.75) is 10.9 Å². The Hall–Kier alpha value is -3.81. The lowest BCUT2D eigenvalue weighted by Gasteiger charge is -2.36. The summed E-state index contributed by atoms with van der Waals surface area (Å²) in [6.07, 6.45) is 0. The molecule has 0 radical (unpaired) electrons. The molecule has 0 saturated heterocycles. The van der Waals surface area contributed by atoms with E-state index in [0.29, 0.717) is 5.82 Å². The summed E-state index contributed by atoms with van der Waals surface area (Å²) in [5.74, 6) is 0.650. The molecule has 0 aliphatic carbocycles. The minimum absolute atomic E-state index is 0.650. The van der Waals surface area contributed by atoms with Gasteiger partial charge in [-0.1, -0.05) is 119 Å². The van der Waals surface area contributed by atoms with Gasteiger partial charge in [-0.2, -0.15) is 0 Å². The maximum atomic E-state index is 4.69. The van der Waals surface area contributed by atoms with Crippen molar-refractivity contribution in [1.82, 2.24) is 24.8 Å². The van der Waals surface area contributed by atoms with E-state index in [2.05, 4.69) is 155 Å². The minimum atomic E-state index is -0.815. The Labute approximate surface area is 238 Å². The van der Waals surface area contributed by atoms with Crippen LogP contribution < -0.4 is 0 Å². The molecule has 0 unspecified atom stereocenters. The van der Waals surface area contributed by atoms with E-state index in [1.165, 1.54) is 5.56 Å². The van der Waals surface area contributed by atoms with Crippen LogP contribution in [0.15, 0.2) is 132 Å². The number of rotatable bonds is 7. The Kier molecular flexibility index (Phi) is 6.79. The molecule has 186 valence electrons. The standard InChI is InChI=1S/C31H23Br2N5/c32-22-23-16-18-27(19-17-23)37-28(20-21-29(37)33)30-34-35-36-38(30)31(24-10-4-1-5-11-24,25-12-6-2-7-13-25)26-14-8-3-9-15-26/h1-21H,22H2. The van der Waals surface area contributed by atoms with E-state index in [4.69, 9.17) is 0 Å². The van der Waals surface area contributed by atoms with Gasteiger partial charge in [0.2, 0.25) is 5.82 Å². The highest BCUT2D eigenvalue weighted by atomic mass is 79.9. The van der Waals surface area contributed by atoms with Gasteiger partial charge in [0.25, 0.3) is 0 Å². The fraction of sp³-hybridized carbons (Fsp3) is 0.0645. The number of nitrogens with zero attached hydrogens (tertiary/aromatic N) is 5. The highest BCUT2D eigenvalue weighted by Gasteiger charge is 2.42. The zero-order chi connectivity index (χ0) is 26.0. The molecule has 0 atom stereocenters. The molecule has 0 spiro atoms. The van der Waals surface area contributed by atoms with Gasteiger partial charge in [0.15, 0.2) is 0 Å². The quantitative estimate of drug-likeness (QED) is 0.136. The summed E-state index contributed by atoms with van der Waals surface area (Å²) in [5, 5.41) is 14.3. The van der Waals surface area contributed by atoms with Gasteiger partial charge < -0.3 is 4.57 Å². The van der Waals surface area contributed by atoms with Crippen LogP contribution >= 0.6 is 31.9 Å². The van der Waals surface area contributed by atoms with Crippen molar-refractivity contribution in [3.63, 3.8) is 0 Å². The molecule has 6 aromatic rings. The van der Waals surface area contributed by atoms with Gasteiger partial charge in [0.05, 0.1) is 10.3 Å². The van der Waals surface area contributed by atoms with E-state index in [0.717, 1.165) is 38.0 Å². The first-order valence-electron chi connectivity index (χ1n) is 12.2. The molecule has 0 amide bonds. The Bertz CT molecular complexity index is 1550. The first-order chi connectivity index (χ1) is 18.7. The van der Waals surface area contributed by atoms with Crippen LogP contribution in [0.1, 0.15) is 22.3 Å². The lowest BCUT2D eigenvalue weighted by atomic mass is 9.77. The molecule has 0 N–H and O–H groups in total. The Morgan fingerprint density at radius 1 is 0.632 bits per heavy atom. The van der Waals surface area contributed by atoms with Gasteiger partial charge in [0, 0.05) is 11.0 Å². The first kappa shape index (κ1) is 24.5. The van der Waals surface area contributed by atoms with Crippen LogP contribution in [0.25, 0.3) is 17.2 Å². The maximum absolute atomic E-state index is 4.69. The highest BCUT2D eigenvalue weighted by Crippen LogP contribution is 2.42. The zero-order valence-corrected chi connectivity index (χ0v) is 23.5. The second-order valence-corrected chi connectivity index (χ2v) is 10.3. The molecule has 38 heavy (non-hydrogen) atoms. The zero-order valence-electron chi connectivity index (χ0n) is 20.3.